The molecule has 0 aromatic rings. The van der Waals surface area contributed by atoms with Crippen LogP contribution in [0.2, 0.25) is 0 Å². The molecule has 0 fully saturated rings. The molecule has 0 aromatic heterocycles. The maximum atomic E-state index is 10.5. The van der Waals surface area contributed by atoms with E-state index >= 15 is 0 Å². The Morgan fingerprint density at radius 2 is 2.00 bits per heavy atom. The lowest BCUT2D eigenvalue weighted by molar-refractivity contribution is -0.119. The fraction of sp³-hybridized carbons (Fsp3) is 0.667. The van der Waals surface area contributed by atoms with Gasteiger partial charge in [-0.25, -0.2) is 0 Å². The van der Waals surface area contributed by atoms with Crippen LogP contribution in [0.5, 0.6) is 0 Å². The van der Waals surface area contributed by atoms with Crippen LogP contribution in [-0.2, 0) is 4.79 Å². The van der Waals surface area contributed by atoms with Crippen molar-refractivity contribution in [1.82, 2.24) is 5.32 Å². The zero-order valence-corrected chi connectivity index (χ0v) is 7.21. The molecule has 0 aromatic carbocycles. The first-order chi connectivity index (χ1) is 4.36. The molecule has 0 radical (unpaired) electrons. The molecule has 0 aliphatic carbocycles. The minimum Gasteiger partial charge on any atom is -0.391 e. The molecule has 0 saturated carbocycles. The summed E-state index contributed by atoms with van der Waals surface area (Å²) >= 11 is 4.71. The third kappa shape index (κ3) is 2.77. The van der Waals surface area contributed by atoms with E-state index in [1.165, 1.54) is 6.92 Å². The smallest absolute Gasteiger partial charge is 0.217 e. The Labute approximate surface area is 66.0 Å². The van der Waals surface area contributed by atoms with Crippen molar-refractivity contribution in [1.29, 1.82) is 0 Å². The number of nitrogens with one attached hydrogen (secondary N) is 1. The van der Waals surface area contributed by atoms with E-state index in [-0.39, 0.29) is 5.91 Å². The molecule has 3 N–H and O–H groups in total. The van der Waals surface area contributed by atoms with Gasteiger partial charge in [0.25, 0.3) is 0 Å². The minimum absolute atomic E-state index is 0.127. The maximum absolute atomic E-state index is 10.5. The Bertz CT molecular complexity index is 165. The number of hydrogen-bond donors (Lipinski definition) is 2. The van der Waals surface area contributed by atoms with Crippen molar-refractivity contribution < 1.29 is 4.79 Å². The summed E-state index contributed by atoms with van der Waals surface area (Å²) < 4.78 is 0. The summed E-state index contributed by atoms with van der Waals surface area (Å²) in [7, 11) is 0. The van der Waals surface area contributed by atoms with Gasteiger partial charge < -0.3 is 11.1 Å². The van der Waals surface area contributed by atoms with Gasteiger partial charge >= 0.3 is 0 Å². The summed E-state index contributed by atoms with van der Waals surface area (Å²) in [5, 5.41) is 2.61. The second kappa shape index (κ2) is 2.96. The van der Waals surface area contributed by atoms with E-state index in [9.17, 15) is 4.79 Å². The van der Waals surface area contributed by atoms with Crippen LogP contribution in [0.15, 0.2) is 0 Å². The van der Waals surface area contributed by atoms with E-state index in [0.29, 0.717) is 4.99 Å². The van der Waals surface area contributed by atoms with E-state index in [1.54, 1.807) is 13.8 Å². The van der Waals surface area contributed by atoms with E-state index in [0.717, 1.165) is 0 Å². The van der Waals surface area contributed by atoms with Gasteiger partial charge in [-0.2, -0.15) is 0 Å². The monoisotopic (exact) mass is 160 g/mol. The summed E-state index contributed by atoms with van der Waals surface area (Å²) in [5.74, 6) is -0.127. The molecular formula is C6H12N2OS. The van der Waals surface area contributed by atoms with Crippen LogP contribution in [0, 0.1) is 0 Å². The fourth-order valence-electron chi connectivity index (χ4n) is 0.502. The van der Waals surface area contributed by atoms with Crippen LogP contribution in [0.1, 0.15) is 20.8 Å². The van der Waals surface area contributed by atoms with Gasteiger partial charge in [0, 0.05) is 6.92 Å². The molecule has 1 amide bonds. The second-order valence-electron chi connectivity index (χ2n) is 2.67. The largest absolute Gasteiger partial charge is 0.391 e. The average molecular weight is 160 g/mol. The molecule has 0 atom stereocenters. The van der Waals surface area contributed by atoms with Crippen LogP contribution in [-0.4, -0.2) is 16.4 Å². The molecule has 0 rings (SSSR count). The summed E-state index contributed by atoms with van der Waals surface area (Å²) in [6, 6.07) is 0. The van der Waals surface area contributed by atoms with Gasteiger partial charge in [-0.15, -0.1) is 0 Å². The summed E-state index contributed by atoms with van der Waals surface area (Å²) in [4.78, 5) is 10.8. The topological polar surface area (TPSA) is 55.1 Å². The molecule has 0 saturated heterocycles. The number of carbonyl (C=O) groups is 1. The highest BCUT2D eigenvalue weighted by Crippen LogP contribution is 2.00. The molecule has 0 heterocycles. The lowest BCUT2D eigenvalue weighted by Crippen LogP contribution is -2.51. The highest BCUT2D eigenvalue weighted by Gasteiger charge is 2.21. The Hall–Kier alpha value is -0.640. The Morgan fingerprint density at radius 3 is 2.10 bits per heavy atom. The number of carbonyl (C=O) groups excluding carboxylic acids is 1. The third-order valence-electron chi connectivity index (χ3n) is 1.10. The van der Waals surface area contributed by atoms with Gasteiger partial charge in [0.1, 0.15) is 0 Å². The minimum atomic E-state index is -0.568. The number of thiocarbonyl (C=S) groups is 1. The van der Waals surface area contributed by atoms with Gasteiger partial charge in [-0.3, -0.25) is 4.79 Å². The second-order valence-corrected chi connectivity index (χ2v) is 3.11. The highest BCUT2D eigenvalue weighted by molar-refractivity contribution is 7.80. The van der Waals surface area contributed by atoms with E-state index in [4.69, 9.17) is 18.0 Å². The molecular weight excluding hydrogens is 148 g/mol. The first kappa shape index (κ1) is 9.36. The Balaban J connectivity index is 4.13. The normalized spacial score (nSPS) is 10.7. The van der Waals surface area contributed by atoms with Crippen molar-refractivity contribution in [3.05, 3.63) is 0 Å². The predicted molar refractivity (Wildman–Crippen MR) is 44.7 cm³/mol. The summed E-state index contributed by atoms with van der Waals surface area (Å²) in [6.45, 7) is 4.95. The zero-order valence-electron chi connectivity index (χ0n) is 6.39. The van der Waals surface area contributed by atoms with Gasteiger partial charge in [0.05, 0.1) is 10.5 Å². The SMILES string of the molecule is CC(=O)NC(C)(C)C(N)=S. The number of rotatable bonds is 2. The Kier molecular flexibility index (Phi) is 2.77. The standard InChI is InChI=1S/C6H12N2OS/c1-4(9)8-6(2,3)5(7)10/h1-3H3,(H2,7,10)(H,8,9). The zero-order chi connectivity index (χ0) is 8.36. The fourth-order valence-corrected chi connectivity index (χ4v) is 0.553. The van der Waals surface area contributed by atoms with Crippen molar-refractivity contribution in [3.8, 4) is 0 Å². The molecule has 0 aliphatic rings. The van der Waals surface area contributed by atoms with E-state index in [1.807, 2.05) is 0 Å². The van der Waals surface area contributed by atoms with Crippen LogP contribution in [0.25, 0.3) is 0 Å². The predicted octanol–water partition coefficient (Wildman–Crippen LogP) is 0.187. The van der Waals surface area contributed by atoms with Crippen LogP contribution in [0.4, 0.5) is 0 Å². The molecule has 3 nitrogen and oxygen atoms in total. The van der Waals surface area contributed by atoms with E-state index < -0.39 is 5.54 Å². The van der Waals surface area contributed by atoms with Crippen LogP contribution < -0.4 is 11.1 Å². The molecule has 0 bridgehead atoms. The Morgan fingerprint density at radius 1 is 1.60 bits per heavy atom. The van der Waals surface area contributed by atoms with Crippen molar-refractivity contribution in [3.63, 3.8) is 0 Å². The quantitative estimate of drug-likeness (QED) is 0.567. The maximum Gasteiger partial charge on any atom is 0.217 e. The van der Waals surface area contributed by atoms with Gasteiger partial charge in [-0.1, -0.05) is 12.2 Å². The molecule has 0 spiro atoms. The van der Waals surface area contributed by atoms with Crippen molar-refractivity contribution >= 4 is 23.1 Å². The molecule has 4 heteroatoms. The molecule has 0 aliphatic heterocycles. The average Bonchev–Trinajstić information content (AvgIpc) is 1.60. The summed E-state index contributed by atoms with van der Waals surface area (Å²) in [5.41, 5.74) is 4.77. The number of hydrogen-bond acceptors (Lipinski definition) is 2. The highest BCUT2D eigenvalue weighted by atomic mass is 32.1. The van der Waals surface area contributed by atoms with Crippen molar-refractivity contribution in [2.24, 2.45) is 5.73 Å². The van der Waals surface area contributed by atoms with Crippen LogP contribution >= 0.6 is 12.2 Å². The van der Waals surface area contributed by atoms with Gasteiger partial charge in [0.2, 0.25) is 5.91 Å². The van der Waals surface area contributed by atoms with Crippen LogP contribution in [0.3, 0.4) is 0 Å². The van der Waals surface area contributed by atoms with Gasteiger partial charge in [-0.05, 0) is 13.8 Å². The lowest BCUT2D eigenvalue weighted by atomic mass is 10.1. The third-order valence-corrected chi connectivity index (χ3v) is 1.61. The van der Waals surface area contributed by atoms with E-state index in [2.05, 4.69) is 5.32 Å². The van der Waals surface area contributed by atoms with Crippen molar-refractivity contribution in [2.45, 2.75) is 26.3 Å². The lowest BCUT2D eigenvalue weighted by Gasteiger charge is -2.23. The number of amides is 1. The van der Waals surface area contributed by atoms with Gasteiger partial charge in [0.15, 0.2) is 0 Å². The summed E-state index contributed by atoms with van der Waals surface area (Å²) in [6.07, 6.45) is 0. The molecule has 10 heavy (non-hydrogen) atoms. The first-order valence-electron chi connectivity index (χ1n) is 2.95. The van der Waals surface area contributed by atoms with Crippen molar-refractivity contribution in [2.75, 3.05) is 0 Å². The molecule has 0 unspecified atom stereocenters. The molecule has 58 valence electrons. The first-order valence-corrected chi connectivity index (χ1v) is 3.36. The number of nitrogens with two attached hydrogens (primary N) is 1.